The van der Waals surface area contributed by atoms with Crippen LogP contribution >= 0.6 is 24.4 Å². The Kier molecular flexibility index (Phi) is 10.4. The topological polar surface area (TPSA) is 24.9 Å². The van der Waals surface area contributed by atoms with E-state index < -0.39 is 0 Å². The van der Waals surface area contributed by atoms with E-state index in [4.69, 9.17) is 33.9 Å². The Hall–Kier alpha value is -2.18. The molecule has 0 aromatic heterocycles. The Morgan fingerprint density at radius 2 is 1.09 bits per heavy atom. The monoisotopic (exact) mass is 484 g/mol. The number of nitrogens with zero attached hydrogens (tertiary/aromatic N) is 2. The Morgan fingerprint density at radius 1 is 0.667 bits per heavy atom. The number of para-hydroxylation sites is 2. The van der Waals surface area contributed by atoms with Crippen LogP contribution in [0.5, 0.6) is 0 Å². The maximum absolute atomic E-state index is 6.04. The van der Waals surface area contributed by atoms with Gasteiger partial charge in [-0.1, -0.05) is 88.8 Å². The molecule has 0 aliphatic carbocycles. The van der Waals surface area contributed by atoms with Crippen molar-refractivity contribution in [2.75, 3.05) is 29.7 Å². The predicted octanol–water partition coefficient (Wildman–Crippen LogP) is 7.70. The summed E-state index contributed by atoms with van der Waals surface area (Å²) in [4.78, 5) is 4.08. The molecule has 0 spiro atoms. The molecular formula is C27H36N2O2S2. The average Bonchev–Trinajstić information content (AvgIpc) is 2.99. The van der Waals surface area contributed by atoms with Crippen molar-refractivity contribution in [3.05, 3.63) is 48.5 Å². The van der Waals surface area contributed by atoms with Gasteiger partial charge in [-0.3, -0.25) is 9.80 Å². The molecule has 2 aromatic carbocycles. The van der Waals surface area contributed by atoms with Crippen LogP contribution in [0.25, 0.3) is 11.1 Å². The number of rotatable bonds is 10. The third-order valence-corrected chi connectivity index (χ3v) is 6.53. The zero-order chi connectivity index (χ0) is 23.5. The maximum Gasteiger partial charge on any atom is 0.265 e. The molecule has 178 valence electrons. The number of anilines is 2. The van der Waals surface area contributed by atoms with E-state index in [0.29, 0.717) is 30.2 Å². The standard InChI is InChI=1S/C27H36N2O2S2/c1-3-5-7-13-19-30-26(32)28-21-29(27(33)31-20-14-8-6-4-2)25-18-12-10-16-23(25)22-15-9-11-17-24(22)28/h9-12,15-18H,3-8,13-14,19-21H2,1-2H3. The summed E-state index contributed by atoms with van der Waals surface area (Å²) in [6.45, 7) is 6.13. The van der Waals surface area contributed by atoms with Gasteiger partial charge in [-0.25, -0.2) is 0 Å². The number of thiocarbonyl (C=S) groups is 2. The summed E-state index contributed by atoms with van der Waals surface area (Å²) in [5.74, 6) is 0. The highest BCUT2D eigenvalue weighted by Gasteiger charge is 2.29. The molecule has 2 aromatic rings. The van der Waals surface area contributed by atoms with Gasteiger partial charge in [-0.15, -0.1) is 0 Å². The summed E-state index contributed by atoms with van der Waals surface area (Å²) in [7, 11) is 0. The molecule has 0 saturated heterocycles. The Bertz CT molecular complexity index is 845. The number of hydrogen-bond donors (Lipinski definition) is 0. The fourth-order valence-electron chi connectivity index (χ4n) is 4.01. The van der Waals surface area contributed by atoms with Gasteiger partial charge < -0.3 is 9.47 Å². The van der Waals surface area contributed by atoms with Crippen LogP contribution in [0.15, 0.2) is 48.5 Å². The van der Waals surface area contributed by atoms with Gasteiger partial charge >= 0.3 is 0 Å². The van der Waals surface area contributed by atoms with E-state index in [-0.39, 0.29) is 0 Å². The molecule has 0 saturated carbocycles. The van der Waals surface area contributed by atoms with Crippen molar-refractivity contribution in [3.63, 3.8) is 0 Å². The van der Waals surface area contributed by atoms with Crippen LogP contribution in [0, 0.1) is 0 Å². The molecule has 4 nitrogen and oxygen atoms in total. The van der Waals surface area contributed by atoms with Crippen molar-refractivity contribution in [2.24, 2.45) is 0 Å². The zero-order valence-electron chi connectivity index (χ0n) is 19.9. The van der Waals surface area contributed by atoms with E-state index >= 15 is 0 Å². The number of benzene rings is 2. The molecule has 0 radical (unpaired) electrons. The van der Waals surface area contributed by atoms with Crippen molar-refractivity contribution in [1.82, 2.24) is 0 Å². The average molecular weight is 485 g/mol. The lowest BCUT2D eigenvalue weighted by atomic mass is 10.0. The van der Waals surface area contributed by atoms with Crippen molar-refractivity contribution >= 4 is 46.2 Å². The fourth-order valence-corrected chi connectivity index (χ4v) is 4.49. The molecule has 0 unspecified atom stereocenters. The van der Waals surface area contributed by atoms with Crippen molar-refractivity contribution in [3.8, 4) is 11.1 Å². The molecule has 0 atom stereocenters. The second-order valence-electron chi connectivity index (χ2n) is 8.38. The molecule has 1 heterocycles. The third-order valence-electron chi connectivity index (χ3n) is 5.85. The number of unbranched alkanes of at least 4 members (excludes halogenated alkanes) is 6. The minimum atomic E-state index is 0.454. The molecule has 0 amide bonds. The molecule has 6 heteroatoms. The number of fused-ring (bicyclic) bond motifs is 3. The van der Waals surface area contributed by atoms with Crippen LogP contribution < -0.4 is 9.80 Å². The van der Waals surface area contributed by atoms with E-state index in [2.05, 4.69) is 50.2 Å². The highest BCUT2D eigenvalue weighted by atomic mass is 32.1. The van der Waals surface area contributed by atoms with Gasteiger partial charge in [0.1, 0.15) is 6.67 Å². The van der Waals surface area contributed by atoms with Gasteiger partial charge in [0.05, 0.1) is 24.6 Å². The lowest BCUT2D eigenvalue weighted by molar-refractivity contribution is 0.288. The van der Waals surface area contributed by atoms with Crippen LogP contribution in [-0.4, -0.2) is 30.2 Å². The molecule has 1 aliphatic rings. The summed E-state index contributed by atoms with van der Waals surface area (Å²) in [6, 6.07) is 16.6. The second kappa shape index (κ2) is 13.5. The summed E-state index contributed by atoms with van der Waals surface area (Å²) in [5, 5.41) is 0.949. The molecule has 0 fully saturated rings. The maximum atomic E-state index is 6.04. The van der Waals surface area contributed by atoms with E-state index in [1.54, 1.807) is 0 Å². The molecule has 33 heavy (non-hydrogen) atoms. The molecular weight excluding hydrogens is 448 g/mol. The van der Waals surface area contributed by atoms with Crippen LogP contribution in [-0.2, 0) is 9.47 Å². The summed E-state index contributed by atoms with van der Waals surface area (Å²) >= 11 is 11.5. The fraction of sp³-hybridized carbons (Fsp3) is 0.481. The van der Waals surface area contributed by atoms with Crippen molar-refractivity contribution < 1.29 is 9.47 Å². The van der Waals surface area contributed by atoms with Crippen LogP contribution in [0.2, 0.25) is 0 Å². The SMILES string of the molecule is CCCCCCOC(=S)N1CN(C(=S)OCCCCCC)c2ccccc2-c2ccccc21. The Balaban J connectivity index is 1.82. The highest BCUT2D eigenvalue weighted by Crippen LogP contribution is 2.40. The highest BCUT2D eigenvalue weighted by molar-refractivity contribution is 7.80. The minimum Gasteiger partial charge on any atom is -0.471 e. The normalized spacial score (nSPS) is 12.5. The summed E-state index contributed by atoms with van der Waals surface area (Å²) < 4.78 is 12.1. The van der Waals surface area contributed by atoms with Gasteiger partial charge in [-0.2, -0.15) is 0 Å². The minimum absolute atomic E-state index is 0.454. The quantitative estimate of drug-likeness (QED) is 0.253. The Morgan fingerprint density at radius 3 is 1.52 bits per heavy atom. The van der Waals surface area contributed by atoms with E-state index in [1.165, 1.54) is 25.7 Å². The smallest absolute Gasteiger partial charge is 0.265 e. The first-order valence-corrected chi connectivity index (χ1v) is 13.1. The van der Waals surface area contributed by atoms with E-state index in [1.807, 2.05) is 21.9 Å². The number of hydrogen-bond acceptors (Lipinski definition) is 4. The second-order valence-corrected chi connectivity index (χ2v) is 9.08. The van der Waals surface area contributed by atoms with Gasteiger partial charge in [0.2, 0.25) is 0 Å². The van der Waals surface area contributed by atoms with Crippen molar-refractivity contribution in [2.45, 2.75) is 65.2 Å². The lowest BCUT2D eigenvalue weighted by Gasteiger charge is -2.31. The molecule has 3 rings (SSSR count). The van der Waals surface area contributed by atoms with Crippen molar-refractivity contribution in [1.29, 1.82) is 0 Å². The van der Waals surface area contributed by atoms with Crippen LogP contribution in [0.3, 0.4) is 0 Å². The van der Waals surface area contributed by atoms with Gasteiger partial charge in [0.15, 0.2) is 0 Å². The first-order chi connectivity index (χ1) is 16.2. The summed E-state index contributed by atoms with van der Waals surface area (Å²) in [5.41, 5.74) is 4.27. The van der Waals surface area contributed by atoms with E-state index in [0.717, 1.165) is 48.2 Å². The molecule has 0 bridgehead atoms. The van der Waals surface area contributed by atoms with Crippen LogP contribution in [0.1, 0.15) is 65.2 Å². The predicted molar refractivity (Wildman–Crippen MR) is 147 cm³/mol. The van der Waals surface area contributed by atoms with E-state index in [9.17, 15) is 0 Å². The largest absolute Gasteiger partial charge is 0.471 e. The van der Waals surface area contributed by atoms with Crippen LogP contribution in [0.4, 0.5) is 11.4 Å². The van der Waals surface area contributed by atoms with Gasteiger partial charge in [0.25, 0.3) is 10.3 Å². The van der Waals surface area contributed by atoms with Gasteiger partial charge in [-0.05, 0) is 49.4 Å². The van der Waals surface area contributed by atoms with Gasteiger partial charge in [0, 0.05) is 11.1 Å². The molecule has 1 aliphatic heterocycles. The first kappa shape index (κ1) is 25.4. The third kappa shape index (κ3) is 6.90. The first-order valence-electron chi connectivity index (χ1n) is 12.2. The zero-order valence-corrected chi connectivity index (χ0v) is 21.6. The summed E-state index contributed by atoms with van der Waals surface area (Å²) in [6.07, 6.45) is 9.16. The number of ether oxygens (including phenoxy) is 2. The lowest BCUT2D eigenvalue weighted by Crippen LogP contribution is -2.44. The molecule has 0 N–H and O–H groups in total. The Labute approximate surface area is 209 Å².